The van der Waals surface area contributed by atoms with Gasteiger partial charge in [-0.2, -0.15) is 0 Å². The van der Waals surface area contributed by atoms with Gasteiger partial charge in [-0.1, -0.05) is 5.92 Å². The Kier molecular flexibility index (Phi) is 4.98. The second-order valence-corrected chi connectivity index (χ2v) is 3.92. The van der Waals surface area contributed by atoms with Gasteiger partial charge in [0.1, 0.15) is 18.8 Å². The van der Waals surface area contributed by atoms with Gasteiger partial charge in [0, 0.05) is 26.7 Å². The summed E-state index contributed by atoms with van der Waals surface area (Å²) in [6.07, 6.45) is 5.26. The predicted molar refractivity (Wildman–Crippen MR) is 58.9 cm³/mol. The van der Waals surface area contributed by atoms with E-state index in [1.807, 2.05) is 0 Å². The van der Waals surface area contributed by atoms with Gasteiger partial charge in [0.15, 0.2) is 0 Å². The molecule has 0 aromatic carbocycles. The van der Waals surface area contributed by atoms with Gasteiger partial charge in [0.2, 0.25) is 0 Å². The van der Waals surface area contributed by atoms with E-state index in [4.69, 9.17) is 20.6 Å². The topological polar surface area (TPSA) is 61.8 Å². The fraction of sp³-hybridized carbons (Fsp3) is 0.667. The zero-order valence-corrected chi connectivity index (χ0v) is 9.97. The standard InChI is InChI=1S/C12H16O5/c1-4-10-5-11(16-9(3)14)6-12(17-10)7-15-8(2)13/h1,10-12H,5-7H2,2-3H3. The lowest BCUT2D eigenvalue weighted by atomic mass is 10.0. The molecule has 1 rings (SSSR count). The Morgan fingerprint density at radius 1 is 1.35 bits per heavy atom. The molecule has 1 saturated heterocycles. The Hall–Kier alpha value is -1.54. The maximum absolute atomic E-state index is 10.9. The fourth-order valence-electron chi connectivity index (χ4n) is 1.73. The molecule has 17 heavy (non-hydrogen) atoms. The number of ether oxygens (including phenoxy) is 3. The lowest BCUT2D eigenvalue weighted by Gasteiger charge is -2.32. The van der Waals surface area contributed by atoms with Crippen molar-refractivity contribution in [2.75, 3.05) is 6.61 Å². The quantitative estimate of drug-likeness (QED) is 0.535. The molecule has 3 atom stereocenters. The third-order valence-electron chi connectivity index (χ3n) is 2.35. The van der Waals surface area contributed by atoms with Crippen molar-refractivity contribution in [3.8, 4) is 12.3 Å². The number of esters is 2. The highest BCUT2D eigenvalue weighted by Crippen LogP contribution is 2.22. The molecular formula is C12H16O5. The monoisotopic (exact) mass is 240 g/mol. The van der Waals surface area contributed by atoms with Crippen LogP contribution < -0.4 is 0 Å². The molecule has 0 aliphatic carbocycles. The van der Waals surface area contributed by atoms with Gasteiger partial charge in [-0.05, 0) is 0 Å². The van der Waals surface area contributed by atoms with Crippen molar-refractivity contribution >= 4 is 11.9 Å². The van der Waals surface area contributed by atoms with Gasteiger partial charge in [-0.3, -0.25) is 9.59 Å². The van der Waals surface area contributed by atoms with Crippen molar-refractivity contribution < 1.29 is 23.8 Å². The van der Waals surface area contributed by atoms with Crippen LogP contribution in [0.3, 0.4) is 0 Å². The van der Waals surface area contributed by atoms with E-state index in [-0.39, 0.29) is 30.8 Å². The molecule has 0 radical (unpaired) electrons. The summed E-state index contributed by atoms with van der Waals surface area (Å²) in [4.78, 5) is 21.6. The second kappa shape index (κ2) is 6.26. The average Bonchev–Trinajstić information content (AvgIpc) is 2.25. The van der Waals surface area contributed by atoms with E-state index in [1.54, 1.807) is 0 Å². The van der Waals surface area contributed by atoms with Crippen LogP contribution in [0.1, 0.15) is 26.7 Å². The summed E-state index contributed by atoms with van der Waals surface area (Å²) in [5, 5.41) is 0. The number of hydrogen-bond acceptors (Lipinski definition) is 5. The molecule has 5 heteroatoms. The van der Waals surface area contributed by atoms with Crippen molar-refractivity contribution in [3.63, 3.8) is 0 Å². The molecular weight excluding hydrogens is 224 g/mol. The summed E-state index contributed by atoms with van der Waals surface area (Å²) in [7, 11) is 0. The lowest BCUT2D eigenvalue weighted by Crippen LogP contribution is -2.39. The Bertz CT molecular complexity index is 330. The number of hydrogen-bond donors (Lipinski definition) is 0. The number of carbonyl (C=O) groups is 2. The van der Waals surface area contributed by atoms with Gasteiger partial charge in [0.25, 0.3) is 0 Å². The summed E-state index contributed by atoms with van der Waals surface area (Å²) >= 11 is 0. The van der Waals surface area contributed by atoms with Crippen molar-refractivity contribution in [2.24, 2.45) is 0 Å². The van der Waals surface area contributed by atoms with E-state index in [1.165, 1.54) is 13.8 Å². The van der Waals surface area contributed by atoms with Crippen LogP contribution in [0.25, 0.3) is 0 Å². The Morgan fingerprint density at radius 3 is 2.59 bits per heavy atom. The lowest BCUT2D eigenvalue weighted by molar-refractivity contribution is -0.164. The minimum Gasteiger partial charge on any atom is -0.463 e. The van der Waals surface area contributed by atoms with Crippen LogP contribution in [0, 0.1) is 12.3 Å². The van der Waals surface area contributed by atoms with Crippen molar-refractivity contribution in [1.29, 1.82) is 0 Å². The molecule has 0 N–H and O–H groups in total. The maximum atomic E-state index is 10.9. The average molecular weight is 240 g/mol. The van der Waals surface area contributed by atoms with Crippen LogP contribution in [-0.2, 0) is 23.8 Å². The molecule has 1 heterocycles. The van der Waals surface area contributed by atoms with Crippen LogP contribution in [0.2, 0.25) is 0 Å². The minimum atomic E-state index is -0.409. The molecule has 0 aromatic heterocycles. The molecule has 94 valence electrons. The van der Waals surface area contributed by atoms with Crippen LogP contribution >= 0.6 is 0 Å². The van der Waals surface area contributed by atoms with Crippen LogP contribution in [0.15, 0.2) is 0 Å². The SMILES string of the molecule is C#CC1CC(OC(C)=O)CC(COC(C)=O)O1. The van der Waals surface area contributed by atoms with Crippen molar-refractivity contribution in [1.82, 2.24) is 0 Å². The molecule has 1 aliphatic heterocycles. The molecule has 1 aliphatic rings. The molecule has 5 nitrogen and oxygen atoms in total. The predicted octanol–water partition coefficient (Wildman–Crippen LogP) is 0.662. The molecule has 0 aromatic rings. The first-order valence-electron chi connectivity index (χ1n) is 5.43. The van der Waals surface area contributed by atoms with E-state index < -0.39 is 6.10 Å². The Balaban J connectivity index is 2.51. The highest BCUT2D eigenvalue weighted by Gasteiger charge is 2.30. The van der Waals surface area contributed by atoms with Crippen molar-refractivity contribution in [3.05, 3.63) is 0 Å². The number of carbonyl (C=O) groups excluding carboxylic acids is 2. The highest BCUT2D eigenvalue weighted by molar-refractivity contribution is 5.66. The summed E-state index contributed by atoms with van der Waals surface area (Å²) in [5.41, 5.74) is 0. The first kappa shape index (κ1) is 13.5. The highest BCUT2D eigenvalue weighted by atomic mass is 16.6. The summed E-state index contributed by atoms with van der Waals surface area (Å²) in [5.74, 6) is 1.75. The normalized spacial score (nSPS) is 27.9. The molecule has 0 saturated carbocycles. The van der Waals surface area contributed by atoms with Crippen LogP contribution in [-0.4, -0.2) is 36.9 Å². The molecule has 1 fully saturated rings. The minimum absolute atomic E-state index is 0.130. The number of terminal acetylenes is 1. The zero-order valence-electron chi connectivity index (χ0n) is 9.97. The van der Waals surface area contributed by atoms with Gasteiger partial charge >= 0.3 is 11.9 Å². The molecule has 0 bridgehead atoms. The molecule has 3 unspecified atom stereocenters. The summed E-state index contributed by atoms with van der Waals surface area (Å²) < 4.78 is 15.5. The van der Waals surface area contributed by atoms with Gasteiger partial charge in [0.05, 0.1) is 6.10 Å². The smallest absolute Gasteiger partial charge is 0.302 e. The van der Waals surface area contributed by atoms with Gasteiger partial charge in [-0.25, -0.2) is 0 Å². The van der Waals surface area contributed by atoms with E-state index in [9.17, 15) is 9.59 Å². The maximum Gasteiger partial charge on any atom is 0.302 e. The fourth-order valence-corrected chi connectivity index (χ4v) is 1.73. The first-order valence-corrected chi connectivity index (χ1v) is 5.43. The third-order valence-corrected chi connectivity index (χ3v) is 2.35. The van der Waals surface area contributed by atoms with Crippen LogP contribution in [0.4, 0.5) is 0 Å². The van der Waals surface area contributed by atoms with E-state index in [2.05, 4.69) is 5.92 Å². The summed E-state index contributed by atoms with van der Waals surface area (Å²) in [6, 6.07) is 0. The van der Waals surface area contributed by atoms with Crippen molar-refractivity contribution in [2.45, 2.75) is 45.0 Å². The third kappa shape index (κ3) is 4.87. The molecule has 0 amide bonds. The van der Waals surface area contributed by atoms with E-state index in [0.717, 1.165) is 0 Å². The second-order valence-electron chi connectivity index (χ2n) is 3.92. The zero-order chi connectivity index (χ0) is 12.8. The summed E-state index contributed by atoms with van der Waals surface area (Å²) in [6.45, 7) is 2.80. The van der Waals surface area contributed by atoms with Gasteiger partial charge in [-0.15, -0.1) is 6.42 Å². The Labute approximate surface area is 100 Å². The Morgan fingerprint density at radius 2 is 2.06 bits per heavy atom. The van der Waals surface area contributed by atoms with E-state index in [0.29, 0.717) is 12.8 Å². The largest absolute Gasteiger partial charge is 0.463 e. The van der Waals surface area contributed by atoms with E-state index >= 15 is 0 Å². The number of rotatable bonds is 3. The van der Waals surface area contributed by atoms with Crippen LogP contribution in [0.5, 0.6) is 0 Å². The first-order chi connectivity index (χ1) is 8.01. The molecule has 0 spiro atoms. The van der Waals surface area contributed by atoms with Gasteiger partial charge < -0.3 is 14.2 Å².